The van der Waals surface area contributed by atoms with Gasteiger partial charge in [0.25, 0.3) is 5.91 Å². The average Bonchev–Trinajstić information content (AvgIpc) is 2.23. The highest BCUT2D eigenvalue weighted by atomic mass is 16.5. The first-order chi connectivity index (χ1) is 7.10. The molecule has 15 heavy (non-hydrogen) atoms. The molecule has 0 atom stereocenters. The molecule has 0 heterocycles. The summed E-state index contributed by atoms with van der Waals surface area (Å²) in [5.41, 5.74) is 0. The Hall–Kier alpha value is -1.85. The van der Waals surface area contributed by atoms with Crippen LogP contribution in [0.3, 0.4) is 0 Å². The lowest BCUT2D eigenvalue weighted by molar-refractivity contribution is -0.118. The van der Waals surface area contributed by atoms with Gasteiger partial charge in [-0.25, -0.2) is 4.79 Å². The molecular formula is C9H14N2O4. The van der Waals surface area contributed by atoms with E-state index in [1.807, 2.05) is 12.2 Å². The first-order valence-electron chi connectivity index (χ1n) is 4.45. The van der Waals surface area contributed by atoms with Crippen molar-refractivity contribution in [2.75, 3.05) is 13.7 Å². The van der Waals surface area contributed by atoms with Crippen LogP contribution in [0.5, 0.6) is 0 Å². The Morgan fingerprint density at radius 3 is 2.33 bits per heavy atom. The molecule has 0 spiro atoms. The van der Waals surface area contributed by atoms with Gasteiger partial charge in [-0.3, -0.25) is 14.9 Å². The Morgan fingerprint density at radius 2 is 1.80 bits per heavy atom. The highest BCUT2D eigenvalue weighted by Crippen LogP contribution is 1.78. The largest absolute Gasteiger partial charge is 0.453 e. The molecule has 0 aliphatic rings. The molecule has 0 aliphatic carbocycles. The number of hydrogen-bond donors (Lipinski definition) is 2. The number of rotatable bonds is 4. The van der Waals surface area contributed by atoms with Crippen molar-refractivity contribution in [3.8, 4) is 0 Å². The van der Waals surface area contributed by atoms with E-state index < -0.39 is 12.0 Å². The molecule has 0 saturated heterocycles. The van der Waals surface area contributed by atoms with E-state index in [0.717, 1.165) is 25.7 Å². The van der Waals surface area contributed by atoms with E-state index in [-0.39, 0.29) is 5.91 Å². The smallest absolute Gasteiger partial charge is 0.413 e. The summed E-state index contributed by atoms with van der Waals surface area (Å²) in [4.78, 5) is 32.4. The fourth-order valence-corrected chi connectivity index (χ4v) is 0.652. The van der Waals surface area contributed by atoms with Crippen LogP contribution >= 0.6 is 0 Å². The van der Waals surface area contributed by atoms with Crippen LogP contribution in [0.25, 0.3) is 0 Å². The van der Waals surface area contributed by atoms with Crippen LogP contribution in [0.1, 0.15) is 13.3 Å². The molecule has 0 bridgehead atoms. The van der Waals surface area contributed by atoms with Crippen LogP contribution < -0.4 is 10.6 Å². The van der Waals surface area contributed by atoms with Gasteiger partial charge in [-0.2, -0.15) is 0 Å². The summed E-state index contributed by atoms with van der Waals surface area (Å²) in [5.74, 6) is -1.08. The maximum absolute atomic E-state index is 11.0. The Kier molecular flexibility index (Phi) is 6.61. The maximum atomic E-state index is 11.0. The molecule has 0 fully saturated rings. The third-order valence-electron chi connectivity index (χ3n) is 1.35. The van der Waals surface area contributed by atoms with Gasteiger partial charge in [-0.05, 0) is 6.42 Å². The highest BCUT2D eigenvalue weighted by molar-refractivity contribution is 6.02. The molecule has 3 amide bonds. The quantitative estimate of drug-likeness (QED) is 0.643. The van der Waals surface area contributed by atoms with Crippen LogP contribution in [0.2, 0.25) is 0 Å². The van der Waals surface area contributed by atoms with Crippen molar-refractivity contribution >= 4 is 17.9 Å². The Labute approximate surface area is 87.7 Å². The first kappa shape index (κ1) is 13.2. The topological polar surface area (TPSA) is 84.5 Å². The van der Waals surface area contributed by atoms with Gasteiger partial charge >= 0.3 is 6.09 Å². The molecule has 0 aliphatic heterocycles. The lowest BCUT2D eigenvalue weighted by Crippen LogP contribution is -2.29. The van der Waals surface area contributed by atoms with Crippen molar-refractivity contribution in [2.24, 2.45) is 0 Å². The van der Waals surface area contributed by atoms with Gasteiger partial charge in [0.05, 0.1) is 7.11 Å². The number of alkyl carbamates (subject to hydrolysis) is 1. The molecule has 6 nitrogen and oxygen atoms in total. The van der Waals surface area contributed by atoms with Gasteiger partial charge < -0.3 is 10.1 Å². The summed E-state index contributed by atoms with van der Waals surface area (Å²) >= 11 is 0. The minimum Gasteiger partial charge on any atom is -0.453 e. The molecule has 0 radical (unpaired) electrons. The van der Waals surface area contributed by atoms with Crippen molar-refractivity contribution in [3.05, 3.63) is 12.2 Å². The van der Waals surface area contributed by atoms with Gasteiger partial charge in [0.15, 0.2) is 0 Å². The highest BCUT2D eigenvalue weighted by Gasteiger charge is 2.03. The first-order valence-corrected chi connectivity index (χ1v) is 4.45. The van der Waals surface area contributed by atoms with E-state index in [1.165, 1.54) is 0 Å². The van der Waals surface area contributed by atoms with E-state index in [9.17, 15) is 14.4 Å². The Balaban J connectivity index is 3.89. The van der Waals surface area contributed by atoms with Gasteiger partial charge in [0, 0.05) is 18.7 Å². The van der Waals surface area contributed by atoms with E-state index in [2.05, 4.69) is 10.1 Å². The summed E-state index contributed by atoms with van der Waals surface area (Å²) in [5, 5.41) is 4.41. The van der Waals surface area contributed by atoms with Gasteiger partial charge in [0.1, 0.15) is 0 Å². The predicted octanol–water partition coefficient (Wildman–Crippen LogP) is -0.0486. The fourth-order valence-electron chi connectivity index (χ4n) is 0.652. The molecule has 0 rings (SSSR count). The lowest BCUT2D eigenvalue weighted by atomic mass is 10.4. The monoisotopic (exact) mass is 214 g/mol. The van der Waals surface area contributed by atoms with E-state index in [0.29, 0.717) is 6.54 Å². The molecular weight excluding hydrogens is 200 g/mol. The van der Waals surface area contributed by atoms with Crippen molar-refractivity contribution in [1.29, 1.82) is 0 Å². The summed E-state index contributed by atoms with van der Waals surface area (Å²) in [6, 6.07) is 0. The number of amides is 3. The third-order valence-corrected chi connectivity index (χ3v) is 1.35. The molecule has 0 unspecified atom stereocenters. The number of methoxy groups -OCH3 is 1. The molecule has 84 valence electrons. The van der Waals surface area contributed by atoms with Gasteiger partial charge in [0.2, 0.25) is 5.91 Å². The maximum Gasteiger partial charge on any atom is 0.413 e. The lowest BCUT2D eigenvalue weighted by Gasteiger charge is -1.98. The second kappa shape index (κ2) is 7.54. The molecule has 2 N–H and O–H groups in total. The number of imide groups is 1. The second-order valence-corrected chi connectivity index (χ2v) is 2.61. The van der Waals surface area contributed by atoms with Crippen LogP contribution in [-0.4, -0.2) is 31.6 Å². The summed E-state index contributed by atoms with van der Waals surface area (Å²) < 4.78 is 4.19. The summed E-state index contributed by atoms with van der Waals surface area (Å²) in [7, 11) is 1.14. The van der Waals surface area contributed by atoms with Crippen LogP contribution in [-0.2, 0) is 14.3 Å². The SMILES string of the molecule is CCCNC(=O)C=CC(=O)NC(=O)OC. The molecule has 0 saturated carbocycles. The molecule has 0 aromatic carbocycles. The van der Waals surface area contributed by atoms with E-state index in [1.54, 1.807) is 0 Å². The number of ether oxygens (including phenoxy) is 1. The number of carbonyl (C=O) groups is 3. The number of hydrogen-bond acceptors (Lipinski definition) is 4. The van der Waals surface area contributed by atoms with Crippen molar-refractivity contribution < 1.29 is 19.1 Å². The standard InChI is InChI=1S/C9H14N2O4/c1-3-6-10-7(12)4-5-8(13)11-9(14)15-2/h4-5H,3,6H2,1-2H3,(H,10,12)(H,11,13,14). The average molecular weight is 214 g/mol. The van der Waals surface area contributed by atoms with Crippen molar-refractivity contribution in [2.45, 2.75) is 13.3 Å². The minimum absolute atomic E-state index is 0.378. The Bertz CT molecular complexity index is 273. The van der Waals surface area contributed by atoms with Gasteiger partial charge in [-0.1, -0.05) is 6.92 Å². The van der Waals surface area contributed by atoms with Gasteiger partial charge in [-0.15, -0.1) is 0 Å². The Morgan fingerprint density at radius 1 is 1.20 bits per heavy atom. The van der Waals surface area contributed by atoms with Crippen molar-refractivity contribution in [3.63, 3.8) is 0 Å². The predicted molar refractivity (Wildman–Crippen MR) is 53.0 cm³/mol. The second-order valence-electron chi connectivity index (χ2n) is 2.61. The molecule has 6 heteroatoms. The van der Waals surface area contributed by atoms with Crippen molar-refractivity contribution in [1.82, 2.24) is 10.6 Å². The third kappa shape index (κ3) is 7.24. The van der Waals surface area contributed by atoms with Crippen LogP contribution in [0.4, 0.5) is 4.79 Å². The minimum atomic E-state index is -0.862. The zero-order chi connectivity index (χ0) is 11.7. The summed E-state index contributed by atoms with van der Waals surface area (Å²) in [6.45, 7) is 2.45. The molecule has 0 aromatic heterocycles. The number of nitrogens with one attached hydrogen (secondary N) is 2. The molecule has 0 aromatic rings. The summed E-state index contributed by atoms with van der Waals surface area (Å²) in [6.07, 6.45) is 1.96. The van der Waals surface area contributed by atoms with Crippen LogP contribution in [0, 0.1) is 0 Å². The van der Waals surface area contributed by atoms with E-state index in [4.69, 9.17) is 0 Å². The van der Waals surface area contributed by atoms with E-state index >= 15 is 0 Å². The normalized spacial score (nSPS) is 9.73. The van der Waals surface area contributed by atoms with Crippen LogP contribution in [0.15, 0.2) is 12.2 Å². The fraction of sp³-hybridized carbons (Fsp3) is 0.444. The zero-order valence-electron chi connectivity index (χ0n) is 8.70. The number of carbonyl (C=O) groups excluding carboxylic acids is 3. The zero-order valence-corrected chi connectivity index (χ0v) is 8.70.